The third kappa shape index (κ3) is 4.09. The molecule has 1 fully saturated rings. The van der Waals surface area contributed by atoms with E-state index in [0.717, 1.165) is 31.6 Å². The summed E-state index contributed by atoms with van der Waals surface area (Å²) < 4.78 is 16.0. The molecule has 1 saturated heterocycles. The summed E-state index contributed by atoms with van der Waals surface area (Å²) in [7, 11) is 1.60. The predicted octanol–water partition coefficient (Wildman–Crippen LogP) is 3.79. The van der Waals surface area contributed by atoms with Crippen molar-refractivity contribution in [3.8, 4) is 17.3 Å². The normalized spacial score (nSPS) is 15.5. The highest BCUT2D eigenvalue weighted by molar-refractivity contribution is 5.94. The van der Waals surface area contributed by atoms with Crippen molar-refractivity contribution < 1.29 is 18.5 Å². The lowest BCUT2D eigenvalue weighted by Gasteiger charge is -2.30. The summed E-state index contributed by atoms with van der Waals surface area (Å²) in [5, 5.41) is 7.12. The molecule has 1 aromatic carbocycles. The molecule has 7 heteroatoms. The molecule has 0 atom stereocenters. The Morgan fingerprint density at radius 3 is 2.79 bits per heavy atom. The van der Waals surface area contributed by atoms with Crippen LogP contribution in [0, 0.1) is 5.92 Å². The number of amides is 1. The van der Waals surface area contributed by atoms with Gasteiger partial charge in [0.2, 0.25) is 11.7 Å². The van der Waals surface area contributed by atoms with Crippen LogP contribution in [-0.4, -0.2) is 36.2 Å². The Bertz CT molecular complexity index is 911. The van der Waals surface area contributed by atoms with E-state index in [0.29, 0.717) is 29.5 Å². The van der Waals surface area contributed by atoms with Gasteiger partial charge in [-0.15, -0.1) is 0 Å². The van der Waals surface area contributed by atoms with Crippen molar-refractivity contribution in [2.24, 2.45) is 5.92 Å². The molecule has 0 spiro atoms. The number of ether oxygens (including phenoxy) is 1. The zero-order chi connectivity index (χ0) is 19.3. The number of rotatable bonds is 6. The van der Waals surface area contributed by atoms with Crippen LogP contribution in [0.3, 0.4) is 0 Å². The number of carbonyl (C=O) groups excluding carboxylic acids is 1. The van der Waals surface area contributed by atoms with E-state index in [1.807, 2.05) is 42.5 Å². The van der Waals surface area contributed by atoms with Crippen molar-refractivity contribution >= 4 is 11.6 Å². The zero-order valence-electron chi connectivity index (χ0n) is 15.8. The Morgan fingerprint density at radius 1 is 1.21 bits per heavy atom. The third-order valence-corrected chi connectivity index (χ3v) is 5.03. The van der Waals surface area contributed by atoms with Crippen LogP contribution < -0.4 is 10.1 Å². The largest absolute Gasteiger partial charge is 0.495 e. The molecule has 28 heavy (non-hydrogen) atoms. The van der Waals surface area contributed by atoms with Gasteiger partial charge in [0, 0.05) is 18.5 Å². The van der Waals surface area contributed by atoms with Crippen molar-refractivity contribution in [1.29, 1.82) is 0 Å². The first-order chi connectivity index (χ1) is 13.7. The van der Waals surface area contributed by atoms with Crippen LogP contribution in [0.25, 0.3) is 11.5 Å². The molecule has 0 bridgehead atoms. The molecule has 4 rings (SSSR count). The molecule has 0 unspecified atom stereocenters. The van der Waals surface area contributed by atoms with Gasteiger partial charge >= 0.3 is 0 Å². The molecular weight excluding hydrogens is 358 g/mol. The summed E-state index contributed by atoms with van der Waals surface area (Å²) in [6, 6.07) is 13.0. The maximum absolute atomic E-state index is 12.6. The number of likely N-dealkylation sites (tertiary alicyclic amines) is 1. The molecule has 1 N–H and O–H groups in total. The molecule has 0 saturated carbocycles. The Hall–Kier alpha value is -3.06. The van der Waals surface area contributed by atoms with Gasteiger partial charge in [-0.05, 0) is 50.2 Å². The van der Waals surface area contributed by atoms with Gasteiger partial charge in [-0.1, -0.05) is 17.3 Å². The Balaban J connectivity index is 1.29. The van der Waals surface area contributed by atoms with Crippen molar-refractivity contribution in [2.75, 3.05) is 25.5 Å². The molecule has 146 valence electrons. The summed E-state index contributed by atoms with van der Waals surface area (Å²) in [5.74, 6) is 2.02. The number of methoxy groups -OCH3 is 1. The number of anilines is 1. The van der Waals surface area contributed by atoms with Gasteiger partial charge in [-0.3, -0.25) is 9.69 Å². The number of furan rings is 1. The van der Waals surface area contributed by atoms with E-state index in [2.05, 4.69) is 15.4 Å². The quantitative estimate of drug-likeness (QED) is 0.700. The number of para-hydroxylation sites is 2. The second-order valence-corrected chi connectivity index (χ2v) is 6.90. The van der Waals surface area contributed by atoms with E-state index < -0.39 is 0 Å². The van der Waals surface area contributed by atoms with E-state index in [9.17, 15) is 4.79 Å². The maximum Gasteiger partial charge on any atom is 0.227 e. The SMILES string of the molecule is COc1ccccc1NC(=O)C1CCN(Cc2cc(-c3ccco3)on2)CC1. The monoisotopic (exact) mass is 381 g/mol. The fraction of sp³-hybridized carbons (Fsp3) is 0.333. The third-order valence-electron chi connectivity index (χ3n) is 5.03. The van der Waals surface area contributed by atoms with Crippen LogP contribution in [0.1, 0.15) is 18.5 Å². The van der Waals surface area contributed by atoms with Gasteiger partial charge in [0.15, 0.2) is 5.76 Å². The second kappa shape index (κ2) is 8.31. The van der Waals surface area contributed by atoms with Crippen LogP contribution in [0.2, 0.25) is 0 Å². The van der Waals surface area contributed by atoms with Crippen LogP contribution in [0.5, 0.6) is 5.75 Å². The van der Waals surface area contributed by atoms with Gasteiger partial charge in [-0.2, -0.15) is 0 Å². The number of aromatic nitrogens is 1. The highest BCUT2D eigenvalue weighted by atomic mass is 16.5. The number of nitrogens with one attached hydrogen (secondary N) is 1. The molecule has 2 aromatic heterocycles. The topological polar surface area (TPSA) is 80.7 Å². The molecule has 3 aromatic rings. The van der Waals surface area contributed by atoms with Crippen molar-refractivity contribution in [3.63, 3.8) is 0 Å². The number of nitrogens with zero attached hydrogens (tertiary/aromatic N) is 2. The van der Waals surface area contributed by atoms with Gasteiger partial charge in [0.05, 0.1) is 24.8 Å². The highest BCUT2D eigenvalue weighted by Gasteiger charge is 2.26. The minimum Gasteiger partial charge on any atom is -0.495 e. The maximum atomic E-state index is 12.6. The summed E-state index contributed by atoms with van der Waals surface area (Å²) in [5.41, 5.74) is 1.58. The molecule has 3 heterocycles. The Morgan fingerprint density at radius 2 is 2.04 bits per heavy atom. The highest BCUT2D eigenvalue weighted by Crippen LogP contribution is 2.27. The van der Waals surface area contributed by atoms with Crippen molar-refractivity contribution in [3.05, 3.63) is 54.4 Å². The molecule has 0 aliphatic carbocycles. The van der Waals surface area contributed by atoms with Crippen molar-refractivity contribution in [2.45, 2.75) is 19.4 Å². The van der Waals surface area contributed by atoms with Crippen LogP contribution in [-0.2, 0) is 11.3 Å². The minimum atomic E-state index is -0.00264. The van der Waals surface area contributed by atoms with Gasteiger partial charge < -0.3 is 19.0 Å². The number of carbonyl (C=O) groups is 1. The van der Waals surface area contributed by atoms with Crippen LogP contribution in [0.15, 0.2) is 57.7 Å². The van der Waals surface area contributed by atoms with E-state index in [-0.39, 0.29) is 11.8 Å². The first-order valence-corrected chi connectivity index (χ1v) is 9.38. The number of hydrogen-bond acceptors (Lipinski definition) is 6. The predicted molar refractivity (Wildman–Crippen MR) is 104 cm³/mol. The zero-order valence-corrected chi connectivity index (χ0v) is 15.8. The Kier molecular flexibility index (Phi) is 5.43. The lowest BCUT2D eigenvalue weighted by atomic mass is 9.95. The van der Waals surface area contributed by atoms with E-state index >= 15 is 0 Å². The lowest BCUT2D eigenvalue weighted by Crippen LogP contribution is -2.37. The fourth-order valence-corrected chi connectivity index (χ4v) is 3.49. The van der Waals surface area contributed by atoms with E-state index in [1.54, 1.807) is 13.4 Å². The molecule has 1 amide bonds. The van der Waals surface area contributed by atoms with Gasteiger partial charge in [0.25, 0.3) is 0 Å². The second-order valence-electron chi connectivity index (χ2n) is 6.90. The van der Waals surface area contributed by atoms with E-state index in [1.165, 1.54) is 0 Å². The number of piperidine rings is 1. The standard InChI is InChI=1S/C21H23N3O4/c1-26-18-6-3-2-5-17(18)22-21(25)15-8-10-24(11-9-15)14-16-13-20(28-23-16)19-7-4-12-27-19/h2-7,12-13,15H,8-11,14H2,1H3,(H,22,25). The summed E-state index contributed by atoms with van der Waals surface area (Å²) >= 11 is 0. The summed E-state index contributed by atoms with van der Waals surface area (Å²) in [6.07, 6.45) is 3.23. The summed E-state index contributed by atoms with van der Waals surface area (Å²) in [6.45, 7) is 2.38. The smallest absolute Gasteiger partial charge is 0.227 e. The average molecular weight is 381 g/mol. The lowest BCUT2D eigenvalue weighted by molar-refractivity contribution is -0.121. The molecule has 7 nitrogen and oxygen atoms in total. The van der Waals surface area contributed by atoms with Crippen molar-refractivity contribution in [1.82, 2.24) is 10.1 Å². The van der Waals surface area contributed by atoms with Gasteiger partial charge in [0.1, 0.15) is 5.75 Å². The minimum absolute atomic E-state index is 0.00264. The molecule has 1 aliphatic rings. The number of hydrogen-bond donors (Lipinski definition) is 1. The van der Waals surface area contributed by atoms with Gasteiger partial charge in [-0.25, -0.2) is 0 Å². The van der Waals surface area contributed by atoms with Crippen LogP contribution >= 0.6 is 0 Å². The van der Waals surface area contributed by atoms with Crippen LogP contribution in [0.4, 0.5) is 5.69 Å². The molecule has 0 radical (unpaired) electrons. The number of benzene rings is 1. The summed E-state index contributed by atoms with van der Waals surface area (Å²) in [4.78, 5) is 14.9. The molecule has 1 aliphatic heterocycles. The Labute approximate surface area is 163 Å². The van der Waals surface area contributed by atoms with E-state index in [4.69, 9.17) is 13.7 Å². The first kappa shape index (κ1) is 18.3. The fourth-order valence-electron chi connectivity index (χ4n) is 3.49. The first-order valence-electron chi connectivity index (χ1n) is 9.38. The average Bonchev–Trinajstić information content (AvgIpc) is 3.41. The molecular formula is C21H23N3O4.